The summed E-state index contributed by atoms with van der Waals surface area (Å²) in [6, 6.07) is 7.15. The number of aliphatic hydroxyl groups excluding tert-OH is 1. The minimum absolute atomic E-state index is 0. The first-order valence-corrected chi connectivity index (χ1v) is 4.37. The number of rotatable bonds is 4. The molecule has 0 radical (unpaired) electrons. The van der Waals surface area contributed by atoms with E-state index in [1.807, 2.05) is 31.2 Å². The van der Waals surface area contributed by atoms with Crippen molar-refractivity contribution in [1.82, 2.24) is 0 Å². The molecule has 0 fully saturated rings. The van der Waals surface area contributed by atoms with Crippen LogP contribution in [0.15, 0.2) is 24.3 Å². The van der Waals surface area contributed by atoms with Crippen LogP contribution in [0.3, 0.4) is 0 Å². The fourth-order valence-corrected chi connectivity index (χ4v) is 1.11. The highest BCUT2D eigenvalue weighted by Gasteiger charge is 2.04. The van der Waals surface area contributed by atoms with Gasteiger partial charge in [0.2, 0.25) is 0 Å². The molecule has 0 amide bonds. The molecule has 0 spiro atoms. The maximum atomic E-state index is 8.84. The van der Waals surface area contributed by atoms with Gasteiger partial charge in [-0.15, -0.1) is 12.4 Å². The fourth-order valence-electron chi connectivity index (χ4n) is 1.11. The molecule has 0 aromatic heterocycles. The van der Waals surface area contributed by atoms with Gasteiger partial charge < -0.3 is 15.6 Å². The molecule has 80 valence electrons. The van der Waals surface area contributed by atoms with E-state index in [0.717, 1.165) is 11.3 Å². The number of hydrogen-bond donors (Lipinski definition) is 2. The van der Waals surface area contributed by atoms with Gasteiger partial charge in [-0.3, -0.25) is 0 Å². The number of ether oxygens (including phenoxy) is 1. The van der Waals surface area contributed by atoms with Gasteiger partial charge in [0.25, 0.3) is 0 Å². The molecule has 14 heavy (non-hydrogen) atoms. The predicted molar refractivity (Wildman–Crippen MR) is 58.9 cm³/mol. The predicted octanol–water partition coefficient (Wildman–Crippen LogP) is 1.50. The van der Waals surface area contributed by atoms with Gasteiger partial charge in [-0.1, -0.05) is 12.1 Å². The van der Waals surface area contributed by atoms with Gasteiger partial charge >= 0.3 is 0 Å². The van der Waals surface area contributed by atoms with Crippen molar-refractivity contribution in [2.24, 2.45) is 5.73 Å². The first kappa shape index (κ1) is 13.2. The summed E-state index contributed by atoms with van der Waals surface area (Å²) >= 11 is 0. The van der Waals surface area contributed by atoms with Crippen LogP contribution in [-0.4, -0.2) is 18.3 Å². The zero-order chi connectivity index (χ0) is 9.68. The minimum Gasteiger partial charge on any atom is -0.494 e. The monoisotopic (exact) mass is 217 g/mol. The van der Waals surface area contributed by atoms with E-state index < -0.39 is 0 Å². The SMILES string of the molecule is CCOc1cccc([C@@H](N)CO)c1.Cl. The Labute approximate surface area is 90.3 Å². The normalized spacial score (nSPS) is 11.6. The summed E-state index contributed by atoms with van der Waals surface area (Å²) in [5, 5.41) is 8.84. The van der Waals surface area contributed by atoms with Crippen molar-refractivity contribution in [3.05, 3.63) is 29.8 Å². The quantitative estimate of drug-likeness (QED) is 0.804. The van der Waals surface area contributed by atoms with Crippen molar-refractivity contribution in [3.63, 3.8) is 0 Å². The van der Waals surface area contributed by atoms with Crippen LogP contribution in [-0.2, 0) is 0 Å². The van der Waals surface area contributed by atoms with Gasteiger partial charge in [-0.05, 0) is 24.6 Å². The van der Waals surface area contributed by atoms with Crippen LogP contribution >= 0.6 is 12.4 Å². The average molecular weight is 218 g/mol. The molecular weight excluding hydrogens is 202 g/mol. The van der Waals surface area contributed by atoms with Gasteiger partial charge in [-0.25, -0.2) is 0 Å². The molecule has 0 aliphatic rings. The lowest BCUT2D eigenvalue weighted by molar-refractivity contribution is 0.267. The lowest BCUT2D eigenvalue weighted by Gasteiger charge is -2.10. The van der Waals surface area contributed by atoms with Crippen LogP contribution in [0.1, 0.15) is 18.5 Å². The zero-order valence-electron chi connectivity index (χ0n) is 8.14. The van der Waals surface area contributed by atoms with Gasteiger partial charge in [0.05, 0.1) is 19.3 Å². The van der Waals surface area contributed by atoms with E-state index >= 15 is 0 Å². The Bertz CT molecular complexity index is 268. The Morgan fingerprint density at radius 1 is 1.50 bits per heavy atom. The second-order valence-corrected chi connectivity index (χ2v) is 2.79. The van der Waals surface area contributed by atoms with Crippen LogP contribution in [0.2, 0.25) is 0 Å². The smallest absolute Gasteiger partial charge is 0.119 e. The number of halogens is 1. The van der Waals surface area contributed by atoms with Crippen molar-refractivity contribution in [3.8, 4) is 5.75 Å². The highest BCUT2D eigenvalue weighted by molar-refractivity contribution is 5.85. The molecule has 0 saturated carbocycles. The Kier molecular flexibility index (Phi) is 6.28. The maximum Gasteiger partial charge on any atom is 0.119 e. The van der Waals surface area contributed by atoms with E-state index in [9.17, 15) is 0 Å². The van der Waals surface area contributed by atoms with Crippen molar-refractivity contribution in [1.29, 1.82) is 0 Å². The first-order valence-electron chi connectivity index (χ1n) is 4.37. The molecule has 1 aromatic rings. The Morgan fingerprint density at radius 2 is 2.21 bits per heavy atom. The van der Waals surface area contributed by atoms with E-state index in [2.05, 4.69) is 0 Å². The van der Waals surface area contributed by atoms with E-state index in [1.165, 1.54) is 0 Å². The van der Waals surface area contributed by atoms with Crippen molar-refractivity contribution >= 4 is 12.4 Å². The largest absolute Gasteiger partial charge is 0.494 e. The molecule has 0 unspecified atom stereocenters. The summed E-state index contributed by atoms with van der Waals surface area (Å²) in [6.45, 7) is 2.52. The molecule has 1 rings (SSSR count). The average Bonchev–Trinajstić information content (AvgIpc) is 2.18. The number of hydrogen-bond acceptors (Lipinski definition) is 3. The number of aliphatic hydroxyl groups is 1. The first-order chi connectivity index (χ1) is 6.27. The van der Waals surface area contributed by atoms with Gasteiger partial charge in [-0.2, -0.15) is 0 Å². The zero-order valence-corrected chi connectivity index (χ0v) is 8.96. The Morgan fingerprint density at radius 3 is 2.79 bits per heavy atom. The van der Waals surface area contributed by atoms with Crippen molar-refractivity contribution < 1.29 is 9.84 Å². The summed E-state index contributed by atoms with van der Waals surface area (Å²) < 4.78 is 5.30. The third-order valence-corrected chi connectivity index (χ3v) is 1.79. The minimum atomic E-state index is -0.319. The van der Waals surface area contributed by atoms with Gasteiger partial charge in [0, 0.05) is 0 Å². The van der Waals surface area contributed by atoms with E-state index in [0.29, 0.717) is 6.61 Å². The van der Waals surface area contributed by atoms with Gasteiger partial charge in [0.15, 0.2) is 0 Å². The molecule has 0 saturated heterocycles. The van der Waals surface area contributed by atoms with Crippen LogP contribution in [0.4, 0.5) is 0 Å². The summed E-state index contributed by atoms with van der Waals surface area (Å²) in [7, 11) is 0. The third kappa shape index (κ3) is 3.54. The highest BCUT2D eigenvalue weighted by Crippen LogP contribution is 2.17. The topological polar surface area (TPSA) is 55.5 Å². The molecule has 1 aromatic carbocycles. The van der Waals surface area contributed by atoms with E-state index in [-0.39, 0.29) is 25.1 Å². The standard InChI is InChI=1S/C10H15NO2.ClH/c1-2-13-9-5-3-4-8(6-9)10(11)7-12;/h3-6,10,12H,2,7,11H2,1H3;1H/t10-;/m0./s1. The molecule has 1 atom stereocenters. The molecular formula is C10H16ClNO2. The third-order valence-electron chi connectivity index (χ3n) is 1.79. The summed E-state index contributed by atoms with van der Waals surface area (Å²) in [4.78, 5) is 0. The summed E-state index contributed by atoms with van der Waals surface area (Å²) in [5.41, 5.74) is 6.55. The molecule has 0 aliphatic heterocycles. The second kappa shape index (κ2) is 6.65. The lowest BCUT2D eigenvalue weighted by atomic mass is 10.1. The lowest BCUT2D eigenvalue weighted by Crippen LogP contribution is -2.14. The van der Waals surface area contributed by atoms with Crippen molar-refractivity contribution in [2.45, 2.75) is 13.0 Å². The number of nitrogens with two attached hydrogens (primary N) is 1. The fraction of sp³-hybridized carbons (Fsp3) is 0.400. The molecule has 0 aliphatic carbocycles. The second-order valence-electron chi connectivity index (χ2n) is 2.79. The molecule has 0 heterocycles. The molecule has 3 nitrogen and oxygen atoms in total. The molecule has 4 heteroatoms. The Balaban J connectivity index is 0.00000169. The maximum absolute atomic E-state index is 8.84. The van der Waals surface area contributed by atoms with Crippen LogP contribution in [0, 0.1) is 0 Å². The van der Waals surface area contributed by atoms with E-state index in [4.69, 9.17) is 15.6 Å². The Hall–Kier alpha value is -0.770. The van der Waals surface area contributed by atoms with Crippen LogP contribution < -0.4 is 10.5 Å². The van der Waals surface area contributed by atoms with Gasteiger partial charge in [0.1, 0.15) is 5.75 Å². The molecule has 0 bridgehead atoms. The van der Waals surface area contributed by atoms with Crippen LogP contribution in [0.25, 0.3) is 0 Å². The number of benzene rings is 1. The summed E-state index contributed by atoms with van der Waals surface area (Å²) in [5.74, 6) is 0.795. The summed E-state index contributed by atoms with van der Waals surface area (Å²) in [6.07, 6.45) is 0. The van der Waals surface area contributed by atoms with Crippen LogP contribution in [0.5, 0.6) is 5.75 Å². The van der Waals surface area contributed by atoms with Crippen molar-refractivity contribution in [2.75, 3.05) is 13.2 Å². The highest BCUT2D eigenvalue weighted by atomic mass is 35.5. The molecule has 3 N–H and O–H groups in total. The van der Waals surface area contributed by atoms with E-state index in [1.54, 1.807) is 0 Å².